The molecule has 0 N–H and O–H groups in total. The molecule has 3 atom stereocenters. The summed E-state index contributed by atoms with van der Waals surface area (Å²) in [6.45, 7) is 1.48. The molecule has 1 saturated heterocycles. The van der Waals surface area contributed by atoms with Crippen LogP contribution in [0.15, 0.2) is 24.3 Å². The molecule has 1 aromatic carbocycles. The SMILES string of the molecule is CC(=O)N(C)[C@@H]1c2ccccc2C[C@@H]2C(=O)N(C)C(=O)[C@@H]21. The van der Waals surface area contributed by atoms with E-state index in [4.69, 9.17) is 0 Å². The summed E-state index contributed by atoms with van der Waals surface area (Å²) in [5.74, 6) is -1.25. The number of hydrogen-bond donors (Lipinski definition) is 0. The molecule has 2 aliphatic rings. The van der Waals surface area contributed by atoms with Gasteiger partial charge < -0.3 is 4.90 Å². The third-order valence-electron chi connectivity index (χ3n) is 4.76. The minimum absolute atomic E-state index is 0.106. The zero-order chi connectivity index (χ0) is 15.3. The Hall–Kier alpha value is -2.17. The summed E-state index contributed by atoms with van der Waals surface area (Å²) in [6.07, 6.45) is 0.567. The quantitative estimate of drug-likeness (QED) is 0.724. The fourth-order valence-corrected chi connectivity index (χ4v) is 3.56. The Kier molecular flexibility index (Phi) is 3.08. The number of benzene rings is 1. The number of imide groups is 1. The van der Waals surface area contributed by atoms with E-state index < -0.39 is 5.92 Å². The second-order valence-electron chi connectivity index (χ2n) is 5.85. The van der Waals surface area contributed by atoms with Crippen molar-refractivity contribution in [3.05, 3.63) is 35.4 Å². The van der Waals surface area contributed by atoms with E-state index >= 15 is 0 Å². The van der Waals surface area contributed by atoms with Gasteiger partial charge in [-0.15, -0.1) is 0 Å². The van der Waals surface area contributed by atoms with Crippen LogP contribution < -0.4 is 0 Å². The second kappa shape index (κ2) is 4.69. The highest BCUT2D eigenvalue weighted by Gasteiger charge is 2.53. The Labute approximate surface area is 123 Å². The van der Waals surface area contributed by atoms with Gasteiger partial charge >= 0.3 is 0 Å². The lowest BCUT2D eigenvalue weighted by Gasteiger charge is -2.38. The van der Waals surface area contributed by atoms with Gasteiger partial charge in [0.25, 0.3) is 0 Å². The summed E-state index contributed by atoms with van der Waals surface area (Å²) in [4.78, 5) is 39.4. The number of likely N-dealkylation sites (tertiary alicyclic amines) is 1. The molecule has 0 unspecified atom stereocenters. The summed E-state index contributed by atoms with van der Waals surface area (Å²) in [6, 6.07) is 7.40. The molecule has 110 valence electrons. The Bertz CT molecular complexity index is 640. The fraction of sp³-hybridized carbons (Fsp3) is 0.438. The molecule has 21 heavy (non-hydrogen) atoms. The summed E-state index contributed by atoms with van der Waals surface area (Å²) < 4.78 is 0. The second-order valence-corrected chi connectivity index (χ2v) is 5.85. The van der Waals surface area contributed by atoms with Crippen molar-refractivity contribution in [2.24, 2.45) is 11.8 Å². The number of carbonyl (C=O) groups excluding carboxylic acids is 3. The number of rotatable bonds is 1. The molecule has 0 aromatic heterocycles. The van der Waals surface area contributed by atoms with Crippen LogP contribution >= 0.6 is 0 Å². The van der Waals surface area contributed by atoms with Gasteiger partial charge in [0.1, 0.15) is 0 Å². The van der Waals surface area contributed by atoms with Crippen LogP contribution in [0.4, 0.5) is 0 Å². The molecule has 5 heteroatoms. The Morgan fingerprint density at radius 3 is 2.57 bits per heavy atom. The summed E-state index contributed by atoms with van der Waals surface area (Å²) in [5.41, 5.74) is 2.03. The molecular weight excluding hydrogens is 268 g/mol. The van der Waals surface area contributed by atoms with Crippen LogP contribution in [0.25, 0.3) is 0 Å². The van der Waals surface area contributed by atoms with Gasteiger partial charge in [0, 0.05) is 21.0 Å². The van der Waals surface area contributed by atoms with Gasteiger partial charge in [-0.1, -0.05) is 24.3 Å². The lowest BCUT2D eigenvalue weighted by molar-refractivity contribution is -0.139. The third-order valence-corrected chi connectivity index (χ3v) is 4.76. The van der Waals surface area contributed by atoms with E-state index in [-0.39, 0.29) is 29.7 Å². The van der Waals surface area contributed by atoms with Gasteiger partial charge in [0.05, 0.1) is 17.9 Å². The first-order valence-electron chi connectivity index (χ1n) is 7.06. The monoisotopic (exact) mass is 286 g/mol. The largest absolute Gasteiger partial charge is 0.338 e. The standard InChI is InChI=1S/C16H18N2O3/c1-9(19)17(2)14-11-7-5-4-6-10(11)8-12-13(14)16(21)18(3)15(12)20/h4-7,12-14H,8H2,1-3H3/t12-,13-,14+/m0/s1. The minimum atomic E-state index is -0.466. The molecule has 1 heterocycles. The molecule has 3 amide bonds. The molecule has 1 aliphatic carbocycles. The average molecular weight is 286 g/mol. The van der Waals surface area contributed by atoms with Crippen molar-refractivity contribution >= 4 is 17.7 Å². The maximum Gasteiger partial charge on any atom is 0.235 e. The maximum atomic E-state index is 12.5. The predicted octanol–water partition coefficient (Wildman–Crippen LogP) is 0.993. The van der Waals surface area contributed by atoms with E-state index in [9.17, 15) is 14.4 Å². The number of hydrogen-bond acceptors (Lipinski definition) is 3. The lowest BCUT2D eigenvalue weighted by atomic mass is 9.73. The van der Waals surface area contributed by atoms with Gasteiger partial charge in [0.2, 0.25) is 17.7 Å². The van der Waals surface area contributed by atoms with Gasteiger partial charge in [-0.05, 0) is 17.5 Å². The van der Waals surface area contributed by atoms with Gasteiger partial charge in [-0.2, -0.15) is 0 Å². The first-order chi connectivity index (χ1) is 9.93. The van der Waals surface area contributed by atoms with Gasteiger partial charge in [-0.25, -0.2) is 0 Å². The Balaban J connectivity index is 2.15. The fourth-order valence-electron chi connectivity index (χ4n) is 3.56. The van der Waals surface area contributed by atoms with Crippen LogP contribution in [0, 0.1) is 11.8 Å². The van der Waals surface area contributed by atoms with Crippen LogP contribution in [-0.2, 0) is 20.8 Å². The maximum absolute atomic E-state index is 12.5. The number of amides is 3. The molecule has 0 radical (unpaired) electrons. The van der Waals surface area contributed by atoms with E-state index in [0.717, 1.165) is 11.1 Å². The smallest absolute Gasteiger partial charge is 0.235 e. The lowest BCUT2D eigenvalue weighted by Crippen LogP contribution is -2.42. The van der Waals surface area contributed by atoms with Crippen molar-refractivity contribution in [1.29, 1.82) is 0 Å². The van der Waals surface area contributed by atoms with Crippen LogP contribution in [0.3, 0.4) is 0 Å². The Morgan fingerprint density at radius 2 is 1.90 bits per heavy atom. The normalized spacial score (nSPS) is 27.4. The predicted molar refractivity (Wildman–Crippen MR) is 76.1 cm³/mol. The number of nitrogens with zero attached hydrogens (tertiary/aromatic N) is 2. The van der Waals surface area contributed by atoms with Crippen molar-refractivity contribution < 1.29 is 14.4 Å². The van der Waals surface area contributed by atoms with Gasteiger partial charge in [-0.3, -0.25) is 19.3 Å². The summed E-state index contributed by atoms with van der Waals surface area (Å²) in [7, 11) is 3.22. The molecule has 5 nitrogen and oxygen atoms in total. The zero-order valence-electron chi connectivity index (χ0n) is 12.4. The molecule has 0 bridgehead atoms. The van der Waals surface area contributed by atoms with Crippen LogP contribution in [0.1, 0.15) is 24.1 Å². The summed E-state index contributed by atoms with van der Waals surface area (Å²) in [5, 5.41) is 0. The summed E-state index contributed by atoms with van der Waals surface area (Å²) >= 11 is 0. The van der Waals surface area contributed by atoms with Crippen molar-refractivity contribution in [2.75, 3.05) is 14.1 Å². The molecule has 0 saturated carbocycles. The highest BCUT2D eigenvalue weighted by molar-refractivity contribution is 6.06. The van der Waals surface area contributed by atoms with E-state index in [1.54, 1.807) is 11.9 Å². The molecule has 0 spiro atoms. The third kappa shape index (κ3) is 1.87. The molecule has 1 aromatic rings. The molecule has 1 aliphatic heterocycles. The minimum Gasteiger partial charge on any atom is -0.338 e. The molecular formula is C16H18N2O3. The van der Waals surface area contributed by atoms with E-state index in [2.05, 4.69) is 0 Å². The molecule has 1 fully saturated rings. The first kappa shape index (κ1) is 13.8. The van der Waals surface area contributed by atoms with Crippen molar-refractivity contribution in [2.45, 2.75) is 19.4 Å². The number of fused-ring (bicyclic) bond motifs is 2. The van der Waals surface area contributed by atoms with Crippen LogP contribution in [0.2, 0.25) is 0 Å². The highest BCUT2D eigenvalue weighted by atomic mass is 16.2. The van der Waals surface area contributed by atoms with Crippen molar-refractivity contribution in [1.82, 2.24) is 9.80 Å². The van der Waals surface area contributed by atoms with E-state index in [1.165, 1.54) is 18.9 Å². The molecule has 3 rings (SSSR count). The van der Waals surface area contributed by atoms with Crippen molar-refractivity contribution in [3.63, 3.8) is 0 Å². The van der Waals surface area contributed by atoms with Crippen molar-refractivity contribution in [3.8, 4) is 0 Å². The average Bonchev–Trinajstić information content (AvgIpc) is 2.69. The Morgan fingerprint density at radius 1 is 1.24 bits per heavy atom. The van der Waals surface area contributed by atoms with E-state index in [0.29, 0.717) is 6.42 Å². The zero-order valence-corrected chi connectivity index (χ0v) is 12.4. The first-order valence-corrected chi connectivity index (χ1v) is 7.06. The van der Waals surface area contributed by atoms with Crippen LogP contribution in [-0.4, -0.2) is 41.6 Å². The van der Waals surface area contributed by atoms with Crippen LogP contribution in [0.5, 0.6) is 0 Å². The topological polar surface area (TPSA) is 57.7 Å². The van der Waals surface area contributed by atoms with Gasteiger partial charge in [0.15, 0.2) is 0 Å². The highest BCUT2D eigenvalue weighted by Crippen LogP contribution is 2.45. The van der Waals surface area contributed by atoms with E-state index in [1.807, 2.05) is 24.3 Å². The number of carbonyl (C=O) groups is 3.